The van der Waals surface area contributed by atoms with Gasteiger partial charge in [0.2, 0.25) is 0 Å². The van der Waals surface area contributed by atoms with Gasteiger partial charge in [-0.25, -0.2) is 4.79 Å². The van der Waals surface area contributed by atoms with Crippen LogP contribution < -0.4 is 0 Å². The molecule has 0 aromatic rings. The van der Waals surface area contributed by atoms with Gasteiger partial charge in [0, 0.05) is 31.3 Å². The molecule has 0 atom stereocenters. The highest BCUT2D eigenvalue weighted by molar-refractivity contribution is 7.99. The molecule has 1 fully saturated rings. The molecule has 0 aliphatic carbocycles. The zero-order valence-electron chi connectivity index (χ0n) is 12.2. The quantitative estimate of drug-likeness (QED) is 0.719. The van der Waals surface area contributed by atoms with Crippen molar-refractivity contribution in [3.05, 3.63) is 0 Å². The van der Waals surface area contributed by atoms with E-state index < -0.39 is 0 Å². The zero-order chi connectivity index (χ0) is 13.8. The van der Waals surface area contributed by atoms with Crippen LogP contribution in [0.1, 0.15) is 20.8 Å². The Morgan fingerprint density at radius 3 is 2.50 bits per heavy atom. The van der Waals surface area contributed by atoms with Gasteiger partial charge in [0.1, 0.15) is 5.60 Å². The Labute approximate surface area is 115 Å². The van der Waals surface area contributed by atoms with Crippen LogP contribution in [-0.2, 0) is 4.74 Å². The number of likely N-dealkylation sites (tertiary alicyclic amines) is 1. The van der Waals surface area contributed by atoms with Crippen LogP contribution in [0.3, 0.4) is 0 Å². The minimum Gasteiger partial charge on any atom is -0.444 e. The van der Waals surface area contributed by atoms with Gasteiger partial charge in [-0.15, -0.1) is 0 Å². The molecule has 4 nitrogen and oxygen atoms in total. The van der Waals surface area contributed by atoms with Gasteiger partial charge < -0.3 is 14.5 Å². The molecule has 1 saturated heterocycles. The highest BCUT2D eigenvalue weighted by atomic mass is 32.2. The van der Waals surface area contributed by atoms with Gasteiger partial charge in [-0.2, -0.15) is 11.8 Å². The predicted molar refractivity (Wildman–Crippen MR) is 77.2 cm³/mol. The summed E-state index contributed by atoms with van der Waals surface area (Å²) in [7, 11) is 4.18. The molecule has 106 valence electrons. The zero-order valence-corrected chi connectivity index (χ0v) is 13.0. The fourth-order valence-electron chi connectivity index (χ4n) is 1.65. The summed E-state index contributed by atoms with van der Waals surface area (Å²) in [6, 6.07) is 0. The van der Waals surface area contributed by atoms with Crippen molar-refractivity contribution in [1.29, 1.82) is 0 Å². The summed E-state index contributed by atoms with van der Waals surface area (Å²) in [4.78, 5) is 15.7. The summed E-state index contributed by atoms with van der Waals surface area (Å²) in [6.07, 6.45) is -0.169. The molecule has 18 heavy (non-hydrogen) atoms. The average molecular weight is 274 g/mol. The van der Waals surface area contributed by atoms with Crippen LogP contribution in [-0.4, -0.2) is 66.7 Å². The number of ether oxygens (including phenoxy) is 1. The first-order valence-electron chi connectivity index (χ1n) is 6.48. The molecule has 0 radical (unpaired) electrons. The van der Waals surface area contributed by atoms with Crippen LogP contribution in [0.4, 0.5) is 4.79 Å². The fourth-order valence-corrected chi connectivity index (χ4v) is 2.85. The Bertz CT molecular complexity index is 271. The molecule has 0 aromatic heterocycles. The molecular weight excluding hydrogens is 248 g/mol. The standard InChI is InChI=1S/C13H26N2O2S/c1-13(2,3)17-12(16)15-8-11(9-15)10-18-7-6-14(4)5/h11H,6-10H2,1-5H3. The van der Waals surface area contributed by atoms with E-state index in [4.69, 9.17) is 4.74 Å². The number of hydrogen-bond donors (Lipinski definition) is 0. The lowest BCUT2D eigenvalue weighted by Gasteiger charge is -2.39. The van der Waals surface area contributed by atoms with E-state index in [0.717, 1.165) is 31.1 Å². The van der Waals surface area contributed by atoms with Crippen molar-refractivity contribution in [2.24, 2.45) is 5.92 Å². The average Bonchev–Trinajstić information content (AvgIpc) is 2.10. The van der Waals surface area contributed by atoms with E-state index in [0.29, 0.717) is 5.92 Å². The Kier molecular flexibility index (Phi) is 5.79. The largest absolute Gasteiger partial charge is 0.444 e. The van der Waals surface area contributed by atoms with Crippen molar-refractivity contribution in [3.63, 3.8) is 0 Å². The molecule has 1 rings (SSSR count). The summed E-state index contributed by atoms with van der Waals surface area (Å²) < 4.78 is 5.32. The molecule has 1 amide bonds. The van der Waals surface area contributed by atoms with Crippen molar-refractivity contribution in [1.82, 2.24) is 9.80 Å². The molecule has 0 aromatic carbocycles. The maximum Gasteiger partial charge on any atom is 0.410 e. The number of nitrogens with zero attached hydrogens (tertiary/aromatic N) is 2. The summed E-state index contributed by atoms with van der Waals surface area (Å²) >= 11 is 1.97. The van der Waals surface area contributed by atoms with Gasteiger partial charge in [-0.1, -0.05) is 0 Å². The van der Waals surface area contributed by atoms with E-state index in [-0.39, 0.29) is 11.7 Å². The minimum atomic E-state index is -0.386. The summed E-state index contributed by atoms with van der Waals surface area (Å²) in [5, 5.41) is 0. The van der Waals surface area contributed by atoms with Gasteiger partial charge in [-0.3, -0.25) is 0 Å². The van der Waals surface area contributed by atoms with Crippen LogP contribution >= 0.6 is 11.8 Å². The molecule has 0 spiro atoms. The van der Waals surface area contributed by atoms with Crippen LogP contribution in [0.2, 0.25) is 0 Å². The fraction of sp³-hybridized carbons (Fsp3) is 0.923. The highest BCUT2D eigenvalue weighted by Crippen LogP contribution is 2.22. The lowest BCUT2D eigenvalue weighted by molar-refractivity contribution is 0.00215. The maximum absolute atomic E-state index is 11.7. The first kappa shape index (κ1) is 15.6. The lowest BCUT2D eigenvalue weighted by Crippen LogP contribution is -2.52. The summed E-state index contributed by atoms with van der Waals surface area (Å²) in [6.45, 7) is 8.53. The van der Waals surface area contributed by atoms with Gasteiger partial charge >= 0.3 is 6.09 Å². The second-order valence-electron chi connectivity index (χ2n) is 6.13. The van der Waals surface area contributed by atoms with E-state index in [1.54, 1.807) is 4.90 Å². The van der Waals surface area contributed by atoms with E-state index in [9.17, 15) is 4.79 Å². The number of thioether (sulfide) groups is 1. The Morgan fingerprint density at radius 1 is 1.39 bits per heavy atom. The predicted octanol–water partition coefficient (Wildman–Crippen LogP) is 2.15. The second kappa shape index (κ2) is 6.66. The van der Waals surface area contributed by atoms with E-state index in [1.807, 2.05) is 32.5 Å². The highest BCUT2D eigenvalue weighted by Gasteiger charge is 2.33. The molecule has 1 aliphatic heterocycles. The molecule has 0 bridgehead atoms. The molecule has 0 unspecified atom stereocenters. The first-order valence-corrected chi connectivity index (χ1v) is 7.64. The van der Waals surface area contributed by atoms with E-state index in [1.165, 1.54) is 0 Å². The van der Waals surface area contributed by atoms with Crippen LogP contribution in [0.5, 0.6) is 0 Å². The van der Waals surface area contributed by atoms with E-state index >= 15 is 0 Å². The topological polar surface area (TPSA) is 32.8 Å². The summed E-state index contributed by atoms with van der Waals surface area (Å²) in [5.41, 5.74) is -0.386. The number of hydrogen-bond acceptors (Lipinski definition) is 4. The third kappa shape index (κ3) is 5.96. The number of rotatable bonds is 5. The Hall–Kier alpha value is -0.420. The molecule has 0 N–H and O–H groups in total. The van der Waals surface area contributed by atoms with Crippen molar-refractivity contribution >= 4 is 17.9 Å². The molecule has 5 heteroatoms. The number of carbonyl (C=O) groups is 1. The van der Waals surface area contributed by atoms with Gasteiger partial charge in [-0.05, 0) is 40.6 Å². The van der Waals surface area contributed by atoms with Gasteiger partial charge in [0.05, 0.1) is 0 Å². The lowest BCUT2D eigenvalue weighted by atomic mass is 10.0. The molecule has 1 aliphatic rings. The van der Waals surface area contributed by atoms with Crippen LogP contribution in [0.25, 0.3) is 0 Å². The SMILES string of the molecule is CN(C)CCSCC1CN(C(=O)OC(C)(C)C)C1. The number of carbonyl (C=O) groups excluding carboxylic acids is 1. The summed E-state index contributed by atoms with van der Waals surface area (Å²) in [5.74, 6) is 2.95. The van der Waals surface area contributed by atoms with Gasteiger partial charge in [0.25, 0.3) is 0 Å². The number of amides is 1. The third-order valence-electron chi connectivity index (χ3n) is 2.65. The van der Waals surface area contributed by atoms with Crippen LogP contribution in [0.15, 0.2) is 0 Å². The first-order chi connectivity index (χ1) is 8.28. The van der Waals surface area contributed by atoms with Crippen LogP contribution in [0, 0.1) is 5.92 Å². The second-order valence-corrected chi connectivity index (χ2v) is 7.28. The Balaban J connectivity index is 2.07. The minimum absolute atomic E-state index is 0.169. The van der Waals surface area contributed by atoms with Crippen molar-refractivity contribution < 1.29 is 9.53 Å². The van der Waals surface area contributed by atoms with Gasteiger partial charge in [0.15, 0.2) is 0 Å². The molecule has 1 heterocycles. The maximum atomic E-state index is 11.7. The molecular formula is C13H26N2O2S. The monoisotopic (exact) mass is 274 g/mol. The molecule has 0 saturated carbocycles. The van der Waals surface area contributed by atoms with Crippen molar-refractivity contribution in [2.75, 3.05) is 45.2 Å². The smallest absolute Gasteiger partial charge is 0.410 e. The van der Waals surface area contributed by atoms with Crippen molar-refractivity contribution in [3.8, 4) is 0 Å². The third-order valence-corrected chi connectivity index (χ3v) is 3.82. The normalized spacial score (nSPS) is 16.9. The van der Waals surface area contributed by atoms with E-state index in [2.05, 4.69) is 19.0 Å². The Morgan fingerprint density at radius 2 is 2.00 bits per heavy atom. The van der Waals surface area contributed by atoms with Crippen molar-refractivity contribution in [2.45, 2.75) is 26.4 Å².